The monoisotopic (exact) mass is 236 g/mol. The molecule has 0 aromatic rings. The summed E-state index contributed by atoms with van der Waals surface area (Å²) in [6, 6.07) is 4.04. The normalized spacial score (nSPS) is 20.3. The van der Waals surface area contributed by atoms with Crippen molar-refractivity contribution in [1.82, 2.24) is 9.80 Å². The fraction of sp³-hybridized carbons (Fsp3) is 0.727. The Balaban J connectivity index is 2.35. The fourth-order valence-corrected chi connectivity index (χ4v) is 1.58. The lowest BCUT2D eigenvalue weighted by atomic mass is 10.3. The maximum Gasteiger partial charge on any atom is 0.236 e. The Hall–Kier alpha value is -1.63. The first-order valence-corrected chi connectivity index (χ1v) is 5.52. The quantitative estimate of drug-likeness (QED) is 0.662. The van der Waals surface area contributed by atoms with Gasteiger partial charge in [0, 0.05) is 26.7 Å². The van der Waals surface area contributed by atoms with Gasteiger partial charge in [0.15, 0.2) is 6.10 Å². The van der Waals surface area contributed by atoms with Gasteiger partial charge in [-0.25, -0.2) is 0 Å². The Kier molecular flexibility index (Phi) is 5.41. The molecule has 1 unspecified atom stereocenters. The van der Waals surface area contributed by atoms with Gasteiger partial charge < -0.3 is 9.64 Å². The number of nitriles is 2. The van der Waals surface area contributed by atoms with Crippen molar-refractivity contribution >= 4 is 5.91 Å². The van der Waals surface area contributed by atoms with E-state index in [0.717, 1.165) is 0 Å². The van der Waals surface area contributed by atoms with Crippen LogP contribution in [0.25, 0.3) is 0 Å². The van der Waals surface area contributed by atoms with Gasteiger partial charge in [-0.3, -0.25) is 9.69 Å². The molecule has 0 N–H and O–H groups in total. The predicted octanol–water partition coefficient (Wildman–Crippen LogP) is -0.417. The molecule has 17 heavy (non-hydrogen) atoms. The minimum absolute atomic E-state index is 0.0289. The molecule has 0 saturated carbocycles. The standard InChI is InChI=1S/C11H16N4O2/c1-14(4-2-3-12)11(16)9-15-5-6-17-10(7-13)8-15/h10H,2,4-6,8-9H2,1H3. The molecule has 0 aliphatic carbocycles. The number of rotatable bonds is 4. The zero-order valence-electron chi connectivity index (χ0n) is 9.93. The average Bonchev–Trinajstić information content (AvgIpc) is 2.36. The van der Waals surface area contributed by atoms with Gasteiger partial charge in [0.25, 0.3) is 0 Å². The van der Waals surface area contributed by atoms with Crippen LogP contribution in [0.5, 0.6) is 0 Å². The first-order chi connectivity index (χ1) is 8.17. The molecule has 0 aromatic carbocycles. The molecule has 1 heterocycles. The van der Waals surface area contributed by atoms with E-state index in [2.05, 4.69) is 0 Å². The lowest BCUT2D eigenvalue weighted by Gasteiger charge is -2.30. The number of ether oxygens (including phenoxy) is 1. The molecule has 1 aliphatic heterocycles. The zero-order valence-corrected chi connectivity index (χ0v) is 9.93. The van der Waals surface area contributed by atoms with E-state index in [1.807, 2.05) is 17.0 Å². The number of amides is 1. The van der Waals surface area contributed by atoms with Crippen LogP contribution in [-0.2, 0) is 9.53 Å². The Bertz CT molecular complexity index is 344. The Morgan fingerprint density at radius 2 is 2.35 bits per heavy atom. The van der Waals surface area contributed by atoms with Crippen LogP contribution in [0.2, 0.25) is 0 Å². The van der Waals surface area contributed by atoms with Crippen LogP contribution in [0.3, 0.4) is 0 Å². The maximum atomic E-state index is 11.8. The Morgan fingerprint density at radius 1 is 1.59 bits per heavy atom. The van der Waals surface area contributed by atoms with E-state index >= 15 is 0 Å². The number of carbonyl (C=O) groups excluding carboxylic acids is 1. The molecule has 6 nitrogen and oxygen atoms in total. The van der Waals surface area contributed by atoms with Crippen molar-refractivity contribution in [1.29, 1.82) is 10.5 Å². The third-order valence-electron chi connectivity index (χ3n) is 2.64. The van der Waals surface area contributed by atoms with E-state index < -0.39 is 6.10 Å². The molecule has 0 aromatic heterocycles. The molecule has 92 valence electrons. The highest BCUT2D eigenvalue weighted by Gasteiger charge is 2.22. The molecule has 1 aliphatic rings. The summed E-state index contributed by atoms with van der Waals surface area (Å²) in [6.07, 6.45) is -0.104. The third kappa shape index (κ3) is 4.39. The summed E-state index contributed by atoms with van der Waals surface area (Å²) in [7, 11) is 1.68. The predicted molar refractivity (Wildman–Crippen MR) is 59.7 cm³/mol. The molecular formula is C11H16N4O2. The number of morpholine rings is 1. The van der Waals surface area contributed by atoms with Gasteiger partial charge in [0.2, 0.25) is 5.91 Å². The van der Waals surface area contributed by atoms with Gasteiger partial charge in [-0.1, -0.05) is 0 Å². The minimum Gasteiger partial charge on any atom is -0.361 e. The van der Waals surface area contributed by atoms with Crippen molar-refractivity contribution in [2.24, 2.45) is 0 Å². The summed E-state index contributed by atoms with van der Waals surface area (Å²) in [5.41, 5.74) is 0. The molecule has 1 rings (SSSR count). The summed E-state index contributed by atoms with van der Waals surface area (Å²) < 4.78 is 5.19. The summed E-state index contributed by atoms with van der Waals surface area (Å²) in [5.74, 6) is -0.0289. The van der Waals surface area contributed by atoms with Gasteiger partial charge in [-0.2, -0.15) is 10.5 Å². The number of carbonyl (C=O) groups is 1. The molecular weight excluding hydrogens is 220 g/mol. The van der Waals surface area contributed by atoms with Crippen molar-refractivity contribution in [2.75, 3.05) is 39.8 Å². The second-order valence-corrected chi connectivity index (χ2v) is 3.95. The summed E-state index contributed by atoms with van der Waals surface area (Å²) >= 11 is 0. The van der Waals surface area contributed by atoms with E-state index in [0.29, 0.717) is 32.7 Å². The number of likely N-dealkylation sites (N-methyl/N-ethyl adjacent to an activating group) is 1. The number of hydrogen-bond donors (Lipinski definition) is 0. The van der Waals surface area contributed by atoms with E-state index in [4.69, 9.17) is 15.3 Å². The van der Waals surface area contributed by atoms with Crippen LogP contribution in [0.4, 0.5) is 0 Å². The van der Waals surface area contributed by atoms with Crippen molar-refractivity contribution < 1.29 is 9.53 Å². The largest absolute Gasteiger partial charge is 0.361 e. The lowest BCUT2D eigenvalue weighted by molar-refractivity contribution is -0.132. The van der Waals surface area contributed by atoms with Crippen LogP contribution in [0, 0.1) is 22.7 Å². The maximum absolute atomic E-state index is 11.8. The molecule has 1 fully saturated rings. The second-order valence-electron chi connectivity index (χ2n) is 3.95. The Morgan fingerprint density at radius 3 is 3.00 bits per heavy atom. The van der Waals surface area contributed by atoms with Crippen LogP contribution in [-0.4, -0.2) is 61.6 Å². The van der Waals surface area contributed by atoms with Crippen molar-refractivity contribution in [3.63, 3.8) is 0 Å². The number of hydrogen-bond acceptors (Lipinski definition) is 5. The van der Waals surface area contributed by atoms with Crippen molar-refractivity contribution in [3.8, 4) is 12.1 Å². The van der Waals surface area contributed by atoms with Crippen LogP contribution in [0.15, 0.2) is 0 Å². The van der Waals surface area contributed by atoms with E-state index in [1.165, 1.54) is 0 Å². The summed E-state index contributed by atoms with van der Waals surface area (Å²) in [6.45, 7) is 2.34. The van der Waals surface area contributed by atoms with Crippen molar-refractivity contribution in [2.45, 2.75) is 12.5 Å². The molecule has 1 atom stereocenters. The smallest absolute Gasteiger partial charge is 0.236 e. The van der Waals surface area contributed by atoms with Gasteiger partial charge in [0.05, 0.1) is 31.7 Å². The highest BCUT2D eigenvalue weighted by atomic mass is 16.5. The fourth-order valence-electron chi connectivity index (χ4n) is 1.58. The SMILES string of the molecule is CN(CCC#N)C(=O)CN1CCOC(C#N)C1. The zero-order chi connectivity index (χ0) is 12.7. The van der Waals surface area contributed by atoms with Gasteiger partial charge >= 0.3 is 0 Å². The molecule has 1 amide bonds. The topological polar surface area (TPSA) is 80.4 Å². The minimum atomic E-state index is -0.444. The van der Waals surface area contributed by atoms with Crippen LogP contribution >= 0.6 is 0 Å². The first-order valence-electron chi connectivity index (χ1n) is 5.52. The van der Waals surface area contributed by atoms with E-state index in [9.17, 15) is 4.79 Å². The van der Waals surface area contributed by atoms with E-state index in [1.54, 1.807) is 11.9 Å². The lowest BCUT2D eigenvalue weighted by Crippen LogP contribution is -2.46. The molecule has 0 spiro atoms. The van der Waals surface area contributed by atoms with E-state index in [-0.39, 0.29) is 12.5 Å². The molecule has 1 saturated heterocycles. The van der Waals surface area contributed by atoms with Gasteiger partial charge in [-0.15, -0.1) is 0 Å². The first kappa shape index (κ1) is 13.4. The molecule has 0 bridgehead atoms. The highest BCUT2D eigenvalue weighted by molar-refractivity contribution is 5.78. The average molecular weight is 236 g/mol. The third-order valence-corrected chi connectivity index (χ3v) is 2.64. The highest BCUT2D eigenvalue weighted by Crippen LogP contribution is 2.04. The van der Waals surface area contributed by atoms with Gasteiger partial charge in [-0.05, 0) is 0 Å². The van der Waals surface area contributed by atoms with Crippen LogP contribution < -0.4 is 0 Å². The second kappa shape index (κ2) is 6.85. The Labute approximate surface area is 101 Å². The number of nitrogens with zero attached hydrogens (tertiary/aromatic N) is 4. The van der Waals surface area contributed by atoms with Gasteiger partial charge in [0.1, 0.15) is 0 Å². The summed E-state index contributed by atoms with van der Waals surface area (Å²) in [5, 5.41) is 17.2. The van der Waals surface area contributed by atoms with Crippen molar-refractivity contribution in [3.05, 3.63) is 0 Å². The van der Waals surface area contributed by atoms with Crippen LogP contribution in [0.1, 0.15) is 6.42 Å². The molecule has 6 heteroatoms. The molecule has 0 radical (unpaired) electrons. The summed E-state index contributed by atoms with van der Waals surface area (Å²) in [4.78, 5) is 15.2.